The van der Waals surface area contributed by atoms with E-state index in [4.69, 9.17) is 0 Å². The molecule has 0 fully saturated rings. The highest BCUT2D eigenvalue weighted by atomic mass is 19.4. The molecule has 0 aliphatic rings. The van der Waals surface area contributed by atoms with E-state index in [1.54, 1.807) is 12.1 Å². The summed E-state index contributed by atoms with van der Waals surface area (Å²) < 4.78 is 40.6. The van der Waals surface area contributed by atoms with Crippen LogP contribution in [0.2, 0.25) is 0 Å². The Bertz CT molecular complexity index is 1190. The normalized spacial score (nSPS) is 11.6. The van der Waals surface area contributed by atoms with Crippen LogP contribution in [0.3, 0.4) is 0 Å². The molecule has 4 rings (SSSR count). The lowest BCUT2D eigenvalue weighted by Gasteiger charge is -2.09. The third kappa shape index (κ3) is 4.17. The van der Waals surface area contributed by atoms with Crippen LogP contribution in [0, 0.1) is 0 Å². The van der Waals surface area contributed by atoms with E-state index in [2.05, 4.69) is 15.5 Å². The van der Waals surface area contributed by atoms with Gasteiger partial charge in [-0.2, -0.15) is 13.2 Å². The number of rotatable bonds is 5. The summed E-state index contributed by atoms with van der Waals surface area (Å²) in [6.45, 7) is 0.462. The van der Waals surface area contributed by atoms with Crippen molar-refractivity contribution in [3.05, 3.63) is 89.6 Å². The van der Waals surface area contributed by atoms with E-state index in [0.717, 1.165) is 17.7 Å². The zero-order chi connectivity index (χ0) is 21.1. The van der Waals surface area contributed by atoms with Gasteiger partial charge in [0.05, 0.1) is 11.1 Å². The first kappa shape index (κ1) is 19.6. The predicted octanol–water partition coefficient (Wildman–Crippen LogP) is 4.39. The Labute approximate surface area is 170 Å². The summed E-state index contributed by atoms with van der Waals surface area (Å²) in [7, 11) is 0. The second-order valence-electron chi connectivity index (χ2n) is 6.74. The van der Waals surface area contributed by atoms with Crippen LogP contribution in [-0.4, -0.2) is 27.0 Å². The number of hydrogen-bond acceptors (Lipinski definition) is 3. The van der Waals surface area contributed by atoms with Crippen molar-refractivity contribution in [2.24, 2.45) is 0 Å². The van der Waals surface area contributed by atoms with Gasteiger partial charge < -0.3 is 5.32 Å². The molecule has 0 spiro atoms. The summed E-state index contributed by atoms with van der Waals surface area (Å²) in [5.74, 6) is -0.0495. The Balaban J connectivity index is 1.56. The summed E-state index contributed by atoms with van der Waals surface area (Å²) in [6.07, 6.45) is -2.24. The highest BCUT2D eigenvalue weighted by molar-refractivity contribution is 5.94. The number of benzene rings is 2. The van der Waals surface area contributed by atoms with Crippen LogP contribution in [0.1, 0.15) is 21.5 Å². The molecule has 4 aromatic rings. The van der Waals surface area contributed by atoms with Crippen LogP contribution in [0.5, 0.6) is 0 Å². The predicted molar refractivity (Wildman–Crippen MR) is 106 cm³/mol. The van der Waals surface area contributed by atoms with E-state index in [9.17, 15) is 18.0 Å². The third-order valence-corrected chi connectivity index (χ3v) is 4.65. The van der Waals surface area contributed by atoms with Crippen molar-refractivity contribution < 1.29 is 18.0 Å². The van der Waals surface area contributed by atoms with Crippen LogP contribution in [-0.2, 0) is 12.6 Å². The Morgan fingerprint density at radius 3 is 2.53 bits per heavy atom. The van der Waals surface area contributed by atoms with Crippen LogP contribution >= 0.6 is 0 Å². The first-order valence-electron chi connectivity index (χ1n) is 9.26. The molecule has 30 heavy (non-hydrogen) atoms. The largest absolute Gasteiger partial charge is 0.416 e. The zero-order valence-electron chi connectivity index (χ0n) is 15.7. The number of carbonyl (C=O) groups excluding carboxylic acids is 1. The first-order chi connectivity index (χ1) is 14.4. The smallest absolute Gasteiger partial charge is 0.352 e. The van der Waals surface area contributed by atoms with Crippen molar-refractivity contribution in [1.29, 1.82) is 0 Å². The second kappa shape index (κ2) is 7.98. The topological polar surface area (TPSA) is 59.3 Å². The van der Waals surface area contributed by atoms with Crippen molar-refractivity contribution in [3.8, 4) is 11.4 Å². The minimum Gasteiger partial charge on any atom is -0.352 e. The Morgan fingerprint density at radius 1 is 0.967 bits per heavy atom. The molecule has 0 atom stereocenters. The first-order valence-corrected chi connectivity index (χ1v) is 9.26. The molecule has 8 heteroatoms. The average Bonchev–Trinajstić information content (AvgIpc) is 3.17. The van der Waals surface area contributed by atoms with Crippen LogP contribution < -0.4 is 5.32 Å². The van der Waals surface area contributed by atoms with Crippen LogP contribution in [0.4, 0.5) is 13.2 Å². The van der Waals surface area contributed by atoms with Gasteiger partial charge in [-0.15, -0.1) is 10.2 Å². The lowest BCUT2D eigenvalue weighted by Crippen LogP contribution is -2.25. The van der Waals surface area contributed by atoms with E-state index in [1.165, 1.54) is 22.7 Å². The molecule has 2 aromatic heterocycles. The van der Waals surface area contributed by atoms with Gasteiger partial charge in [0.15, 0.2) is 11.5 Å². The molecule has 0 saturated heterocycles. The van der Waals surface area contributed by atoms with Gasteiger partial charge in [0.1, 0.15) is 0 Å². The van der Waals surface area contributed by atoms with E-state index >= 15 is 0 Å². The van der Waals surface area contributed by atoms with Gasteiger partial charge in [-0.3, -0.25) is 9.20 Å². The van der Waals surface area contributed by atoms with Crippen molar-refractivity contribution in [3.63, 3.8) is 0 Å². The lowest BCUT2D eigenvalue weighted by atomic mass is 10.1. The van der Waals surface area contributed by atoms with Crippen molar-refractivity contribution in [2.75, 3.05) is 6.54 Å². The molecule has 2 aromatic carbocycles. The van der Waals surface area contributed by atoms with E-state index in [-0.39, 0.29) is 17.3 Å². The maximum Gasteiger partial charge on any atom is 0.416 e. The molecular formula is C22H17F3N4O. The number of alkyl halides is 3. The van der Waals surface area contributed by atoms with Gasteiger partial charge >= 0.3 is 6.18 Å². The molecule has 0 aliphatic carbocycles. The Kier molecular flexibility index (Phi) is 5.22. The fraction of sp³-hybridized carbons (Fsp3) is 0.136. The molecule has 1 amide bonds. The zero-order valence-corrected chi connectivity index (χ0v) is 15.7. The molecule has 0 aliphatic heterocycles. The maximum absolute atomic E-state index is 13.0. The van der Waals surface area contributed by atoms with Crippen LogP contribution in [0.15, 0.2) is 72.9 Å². The number of fused-ring (bicyclic) bond motifs is 1. The third-order valence-electron chi connectivity index (χ3n) is 4.65. The molecular weight excluding hydrogens is 393 g/mol. The summed E-state index contributed by atoms with van der Waals surface area (Å²) in [6, 6.07) is 17.8. The number of aromatic nitrogens is 3. The van der Waals surface area contributed by atoms with Gasteiger partial charge in [-0.25, -0.2) is 0 Å². The molecule has 0 unspecified atom stereocenters. The molecule has 0 bridgehead atoms. The average molecular weight is 410 g/mol. The number of nitrogens with zero attached hydrogens (tertiary/aromatic N) is 3. The standard InChI is InChI=1S/C22H17F3N4O/c23-22(24,25)18-8-4-7-16(13-18)20-28-27-19-10-9-17(14-29(19)20)21(30)26-12-11-15-5-2-1-3-6-15/h1-10,13-14H,11-12H2,(H,26,30). The number of hydrogen-bond donors (Lipinski definition) is 1. The van der Waals surface area contributed by atoms with Crippen molar-refractivity contribution in [1.82, 2.24) is 19.9 Å². The molecule has 2 heterocycles. The molecule has 1 N–H and O–H groups in total. The number of nitrogens with one attached hydrogen (secondary N) is 1. The van der Waals surface area contributed by atoms with Crippen molar-refractivity contribution in [2.45, 2.75) is 12.6 Å². The Morgan fingerprint density at radius 2 is 1.77 bits per heavy atom. The summed E-state index contributed by atoms with van der Waals surface area (Å²) in [5, 5.41) is 10.8. The molecule has 0 radical (unpaired) electrons. The molecule has 0 saturated carbocycles. The minimum atomic E-state index is -4.46. The second-order valence-corrected chi connectivity index (χ2v) is 6.74. The summed E-state index contributed by atoms with van der Waals surface area (Å²) in [4.78, 5) is 12.5. The lowest BCUT2D eigenvalue weighted by molar-refractivity contribution is -0.137. The maximum atomic E-state index is 13.0. The number of amides is 1. The number of pyridine rings is 1. The van der Waals surface area contributed by atoms with Gasteiger partial charge in [-0.1, -0.05) is 42.5 Å². The van der Waals surface area contributed by atoms with Gasteiger partial charge in [0.25, 0.3) is 5.91 Å². The molecule has 5 nitrogen and oxygen atoms in total. The highest BCUT2D eigenvalue weighted by Gasteiger charge is 2.30. The summed E-state index contributed by atoms with van der Waals surface area (Å²) >= 11 is 0. The van der Waals surface area contributed by atoms with E-state index in [0.29, 0.717) is 24.2 Å². The number of carbonyl (C=O) groups is 1. The monoisotopic (exact) mass is 410 g/mol. The van der Waals surface area contributed by atoms with E-state index in [1.807, 2.05) is 30.3 Å². The fourth-order valence-electron chi connectivity index (χ4n) is 3.12. The fourth-order valence-corrected chi connectivity index (χ4v) is 3.12. The minimum absolute atomic E-state index is 0.232. The van der Waals surface area contributed by atoms with Gasteiger partial charge in [0, 0.05) is 18.3 Å². The van der Waals surface area contributed by atoms with Crippen molar-refractivity contribution >= 4 is 11.6 Å². The van der Waals surface area contributed by atoms with Crippen LogP contribution in [0.25, 0.3) is 17.0 Å². The number of halogens is 3. The highest BCUT2D eigenvalue weighted by Crippen LogP contribution is 2.31. The quantitative estimate of drug-likeness (QED) is 0.531. The summed E-state index contributed by atoms with van der Waals surface area (Å²) in [5.41, 5.74) is 1.40. The SMILES string of the molecule is O=C(NCCc1ccccc1)c1ccc2nnc(-c3cccc(C(F)(F)F)c3)n2c1. The van der Waals surface area contributed by atoms with Gasteiger partial charge in [-0.05, 0) is 36.2 Å². The Hall–Kier alpha value is -3.68. The van der Waals surface area contributed by atoms with E-state index < -0.39 is 11.7 Å². The van der Waals surface area contributed by atoms with Gasteiger partial charge in [0.2, 0.25) is 0 Å². The molecule has 152 valence electrons.